The first kappa shape index (κ1) is 15.6. The Bertz CT molecular complexity index is 617. The molecule has 3 fully saturated rings. The van der Waals surface area contributed by atoms with E-state index in [-0.39, 0.29) is 5.50 Å². The normalized spacial score (nSPS) is 33.0. The van der Waals surface area contributed by atoms with Crippen LogP contribution in [0.15, 0.2) is 52.4 Å². The molecule has 4 aliphatic rings. The third-order valence-corrected chi connectivity index (χ3v) is 6.60. The van der Waals surface area contributed by atoms with Crippen LogP contribution in [0.5, 0.6) is 0 Å². The minimum Gasteiger partial charge on any atom is -0.352 e. The number of allylic oxidation sites excluding steroid dienone is 1. The maximum absolute atomic E-state index is 6.61. The van der Waals surface area contributed by atoms with Gasteiger partial charge in [-0.05, 0) is 63.1 Å². The number of nitrogens with zero attached hydrogens (tertiary/aromatic N) is 2. The van der Waals surface area contributed by atoms with Crippen molar-refractivity contribution in [3.8, 4) is 0 Å². The summed E-state index contributed by atoms with van der Waals surface area (Å²) in [5.74, 6) is 0.801. The molecule has 2 bridgehead atoms. The van der Waals surface area contributed by atoms with E-state index < -0.39 is 0 Å². The molecule has 5 rings (SSSR count). The van der Waals surface area contributed by atoms with Crippen molar-refractivity contribution in [2.24, 2.45) is 5.92 Å². The average Bonchev–Trinajstić information content (AvgIpc) is 2.59. The molecule has 122 valence electrons. The van der Waals surface area contributed by atoms with Crippen LogP contribution in [-0.4, -0.2) is 41.0 Å². The molecule has 2 nitrogen and oxygen atoms in total. The topological polar surface area (TPSA) is 6.48 Å². The average molecular weight is 347 g/mol. The lowest BCUT2D eigenvalue weighted by molar-refractivity contribution is 0.0248. The largest absolute Gasteiger partial charge is 0.352 e. The zero-order chi connectivity index (χ0) is 15.8. The van der Waals surface area contributed by atoms with Crippen LogP contribution in [0.2, 0.25) is 0 Å². The molecule has 1 aromatic carbocycles. The van der Waals surface area contributed by atoms with Gasteiger partial charge >= 0.3 is 0 Å². The van der Waals surface area contributed by atoms with E-state index in [9.17, 15) is 0 Å². The van der Waals surface area contributed by atoms with E-state index in [0.717, 1.165) is 5.92 Å². The molecule has 0 aliphatic carbocycles. The summed E-state index contributed by atoms with van der Waals surface area (Å²) in [5, 5.41) is 0. The Morgan fingerprint density at radius 3 is 2.52 bits per heavy atom. The van der Waals surface area contributed by atoms with E-state index in [1.165, 1.54) is 47.8 Å². The lowest BCUT2D eigenvalue weighted by Gasteiger charge is -2.50. The quantitative estimate of drug-likeness (QED) is 0.589. The molecule has 2 atom stereocenters. The number of hydrogen-bond donors (Lipinski definition) is 0. The Morgan fingerprint density at radius 2 is 1.87 bits per heavy atom. The van der Waals surface area contributed by atoms with Crippen LogP contribution >= 0.6 is 23.4 Å². The van der Waals surface area contributed by atoms with Gasteiger partial charge in [0.15, 0.2) is 0 Å². The van der Waals surface area contributed by atoms with Crippen LogP contribution in [0.25, 0.3) is 0 Å². The molecule has 4 heteroatoms. The molecule has 23 heavy (non-hydrogen) atoms. The fraction of sp³-hybridized carbons (Fsp3) is 0.474. The minimum absolute atomic E-state index is 0.0112. The van der Waals surface area contributed by atoms with Crippen LogP contribution in [0.3, 0.4) is 0 Å². The highest BCUT2D eigenvalue weighted by Gasteiger charge is 2.38. The zero-order valence-corrected chi connectivity index (χ0v) is 15.1. The summed E-state index contributed by atoms with van der Waals surface area (Å²) in [7, 11) is 0. The first-order valence-corrected chi connectivity index (χ1v) is 9.73. The summed E-state index contributed by atoms with van der Waals surface area (Å²) in [6.45, 7) is 5.83. The molecule has 0 amide bonds. The van der Waals surface area contributed by atoms with Crippen LogP contribution < -0.4 is 0 Å². The van der Waals surface area contributed by atoms with Gasteiger partial charge in [0.25, 0.3) is 0 Å². The Morgan fingerprint density at radius 1 is 1.13 bits per heavy atom. The number of hydrogen-bond acceptors (Lipinski definition) is 3. The number of piperidine rings is 3. The predicted molar refractivity (Wildman–Crippen MR) is 98.7 cm³/mol. The number of thioether (sulfide) groups is 1. The monoisotopic (exact) mass is 346 g/mol. The van der Waals surface area contributed by atoms with Gasteiger partial charge in [0.1, 0.15) is 5.50 Å². The van der Waals surface area contributed by atoms with Gasteiger partial charge in [-0.3, -0.25) is 0 Å². The molecule has 4 aliphatic heterocycles. The molecule has 4 heterocycles. The van der Waals surface area contributed by atoms with Gasteiger partial charge in [0.05, 0.1) is 0 Å². The fourth-order valence-corrected chi connectivity index (χ4v) is 5.03. The first-order chi connectivity index (χ1) is 11.2. The molecule has 0 spiro atoms. The van der Waals surface area contributed by atoms with E-state index in [1.807, 2.05) is 11.8 Å². The highest BCUT2D eigenvalue weighted by molar-refractivity contribution is 8.03. The summed E-state index contributed by atoms with van der Waals surface area (Å²) in [5.41, 5.74) is 1.29. The summed E-state index contributed by atoms with van der Waals surface area (Å²) in [6, 6.07) is 9.30. The molecule has 0 aromatic heterocycles. The van der Waals surface area contributed by atoms with Crippen molar-refractivity contribution >= 4 is 23.4 Å². The molecule has 1 aromatic rings. The van der Waals surface area contributed by atoms with E-state index in [4.69, 9.17) is 11.6 Å². The second-order valence-electron chi connectivity index (χ2n) is 6.83. The highest BCUT2D eigenvalue weighted by Crippen LogP contribution is 2.37. The standard InChI is InChI=1S/C19H23ClN2S/c1-14-2-4-16(5-3-14)23-17-6-7-19(20)22(12-17)18-13-21-10-8-15(18)9-11-21/h2-7,12,15,18-19H,8-11,13H2,1H3/t18-,19?/m0/s1. The number of halogens is 1. The van der Waals surface area contributed by atoms with Crippen LogP contribution in [0.4, 0.5) is 0 Å². The molecular formula is C19H23ClN2S. The second kappa shape index (κ2) is 6.54. The van der Waals surface area contributed by atoms with Crippen molar-refractivity contribution in [1.29, 1.82) is 0 Å². The Labute approximate surface area is 148 Å². The number of fused-ring (bicyclic) bond motifs is 3. The van der Waals surface area contributed by atoms with Gasteiger partial charge in [-0.25, -0.2) is 0 Å². The van der Waals surface area contributed by atoms with E-state index in [2.05, 4.69) is 59.3 Å². The minimum atomic E-state index is -0.0112. The number of alkyl halides is 1. The summed E-state index contributed by atoms with van der Waals surface area (Å²) < 4.78 is 0. The highest BCUT2D eigenvalue weighted by atomic mass is 35.5. The summed E-state index contributed by atoms with van der Waals surface area (Å²) in [6.07, 6.45) is 9.23. The van der Waals surface area contributed by atoms with Crippen molar-refractivity contribution < 1.29 is 0 Å². The number of rotatable bonds is 3. The molecular weight excluding hydrogens is 324 g/mol. The Balaban J connectivity index is 1.52. The number of aryl methyl sites for hydroxylation is 1. The van der Waals surface area contributed by atoms with E-state index >= 15 is 0 Å². The molecule has 3 saturated heterocycles. The first-order valence-electron chi connectivity index (χ1n) is 8.47. The lowest BCUT2D eigenvalue weighted by Crippen LogP contribution is -2.57. The van der Waals surface area contributed by atoms with E-state index in [1.54, 1.807) is 0 Å². The van der Waals surface area contributed by atoms with Gasteiger partial charge in [-0.2, -0.15) is 0 Å². The Hall–Kier alpha value is -0.900. The summed E-state index contributed by atoms with van der Waals surface area (Å²) in [4.78, 5) is 7.55. The maximum Gasteiger partial charge on any atom is 0.123 e. The van der Waals surface area contributed by atoms with Crippen molar-refractivity contribution in [3.63, 3.8) is 0 Å². The summed E-state index contributed by atoms with van der Waals surface area (Å²) >= 11 is 8.43. The lowest BCUT2D eigenvalue weighted by atomic mass is 9.83. The molecule has 0 radical (unpaired) electrons. The SMILES string of the molecule is Cc1ccc(SC2=CN([C@H]3CN4CCC3CC4)C(Cl)C=C2)cc1. The van der Waals surface area contributed by atoms with Crippen molar-refractivity contribution in [1.82, 2.24) is 9.80 Å². The number of benzene rings is 1. The van der Waals surface area contributed by atoms with Crippen molar-refractivity contribution in [2.75, 3.05) is 19.6 Å². The smallest absolute Gasteiger partial charge is 0.123 e. The third-order valence-electron chi connectivity index (χ3n) is 5.24. The molecule has 0 saturated carbocycles. The molecule has 0 N–H and O–H groups in total. The van der Waals surface area contributed by atoms with Crippen LogP contribution in [0.1, 0.15) is 18.4 Å². The third kappa shape index (κ3) is 3.33. The molecule has 1 unspecified atom stereocenters. The van der Waals surface area contributed by atoms with Gasteiger partial charge in [0.2, 0.25) is 0 Å². The van der Waals surface area contributed by atoms with Crippen LogP contribution in [0, 0.1) is 12.8 Å². The Kier molecular flexibility index (Phi) is 4.44. The second-order valence-corrected chi connectivity index (χ2v) is 8.43. The van der Waals surface area contributed by atoms with Crippen molar-refractivity contribution in [2.45, 2.75) is 36.2 Å². The van der Waals surface area contributed by atoms with Gasteiger partial charge in [0, 0.05) is 28.6 Å². The van der Waals surface area contributed by atoms with Crippen LogP contribution in [-0.2, 0) is 0 Å². The predicted octanol–water partition coefficient (Wildman–Crippen LogP) is 4.46. The zero-order valence-electron chi connectivity index (χ0n) is 13.5. The maximum atomic E-state index is 6.61. The van der Waals surface area contributed by atoms with Gasteiger partial charge in [-0.1, -0.05) is 41.1 Å². The van der Waals surface area contributed by atoms with Gasteiger partial charge < -0.3 is 9.80 Å². The van der Waals surface area contributed by atoms with Gasteiger partial charge in [-0.15, -0.1) is 0 Å². The van der Waals surface area contributed by atoms with Crippen molar-refractivity contribution in [3.05, 3.63) is 53.1 Å². The fourth-order valence-electron chi connectivity index (χ4n) is 3.89. The van der Waals surface area contributed by atoms with E-state index in [0.29, 0.717) is 6.04 Å².